The highest BCUT2D eigenvalue weighted by Crippen LogP contribution is 2.39. The van der Waals surface area contributed by atoms with Crippen molar-refractivity contribution < 1.29 is 9.85 Å². The summed E-state index contributed by atoms with van der Waals surface area (Å²) < 4.78 is 0. The first kappa shape index (κ1) is 12.3. The molecule has 1 fully saturated rings. The van der Waals surface area contributed by atoms with E-state index < -0.39 is 9.85 Å². The van der Waals surface area contributed by atoms with E-state index in [2.05, 4.69) is 0 Å². The van der Waals surface area contributed by atoms with E-state index in [1.165, 1.54) is 12.1 Å². The lowest BCUT2D eigenvalue weighted by molar-refractivity contribution is -0.392. The molecule has 0 amide bonds. The normalized spacial score (nSPS) is 14.8. The minimum Gasteiger partial charge on any atom is -0.360 e. The zero-order valence-electron chi connectivity index (χ0n) is 9.96. The standard InChI is InChI=1S/C11H13N3O4/c1-8-6-9(13(15)16)11(10(7-8)14(17)18)12-4-2-3-5-12/h6-7H,2-5H2,1H3. The average Bonchev–Trinajstić information content (AvgIpc) is 2.80. The minimum atomic E-state index is -0.548. The highest BCUT2D eigenvalue weighted by atomic mass is 16.6. The van der Waals surface area contributed by atoms with Crippen molar-refractivity contribution in [2.45, 2.75) is 19.8 Å². The van der Waals surface area contributed by atoms with Crippen LogP contribution < -0.4 is 4.90 Å². The Morgan fingerprint density at radius 2 is 1.50 bits per heavy atom. The summed E-state index contributed by atoms with van der Waals surface area (Å²) in [6, 6.07) is 2.78. The molecule has 0 radical (unpaired) electrons. The van der Waals surface area contributed by atoms with Crippen molar-refractivity contribution in [2.75, 3.05) is 18.0 Å². The van der Waals surface area contributed by atoms with Gasteiger partial charge in [0.05, 0.1) is 9.85 Å². The van der Waals surface area contributed by atoms with Gasteiger partial charge in [-0.25, -0.2) is 0 Å². The molecule has 1 aromatic carbocycles. The van der Waals surface area contributed by atoms with Gasteiger partial charge in [0.25, 0.3) is 11.4 Å². The number of nitro benzene ring substituents is 2. The van der Waals surface area contributed by atoms with Gasteiger partial charge in [-0.15, -0.1) is 0 Å². The largest absolute Gasteiger partial charge is 0.360 e. The zero-order valence-corrected chi connectivity index (χ0v) is 9.96. The van der Waals surface area contributed by atoms with E-state index in [-0.39, 0.29) is 17.1 Å². The molecule has 1 aromatic rings. The van der Waals surface area contributed by atoms with Crippen LogP contribution in [-0.4, -0.2) is 22.9 Å². The van der Waals surface area contributed by atoms with E-state index in [1.807, 2.05) is 0 Å². The van der Waals surface area contributed by atoms with Crippen LogP contribution in [-0.2, 0) is 0 Å². The number of hydrogen-bond acceptors (Lipinski definition) is 5. The van der Waals surface area contributed by atoms with Crippen molar-refractivity contribution >= 4 is 17.1 Å². The van der Waals surface area contributed by atoms with E-state index in [0.29, 0.717) is 18.7 Å². The molecule has 0 aliphatic carbocycles. The first-order chi connectivity index (χ1) is 8.50. The number of nitro groups is 2. The van der Waals surface area contributed by atoms with Crippen molar-refractivity contribution in [1.82, 2.24) is 0 Å². The molecule has 2 rings (SSSR count). The number of aryl methyl sites for hydroxylation is 1. The van der Waals surface area contributed by atoms with Crippen LogP contribution in [0, 0.1) is 27.2 Å². The second kappa shape index (κ2) is 4.59. The molecule has 96 valence electrons. The highest BCUT2D eigenvalue weighted by Gasteiger charge is 2.31. The molecule has 0 saturated carbocycles. The van der Waals surface area contributed by atoms with Gasteiger partial charge in [0, 0.05) is 25.2 Å². The van der Waals surface area contributed by atoms with Gasteiger partial charge in [0.1, 0.15) is 0 Å². The van der Waals surface area contributed by atoms with E-state index in [1.54, 1.807) is 11.8 Å². The maximum absolute atomic E-state index is 11.1. The van der Waals surface area contributed by atoms with Crippen LogP contribution in [0.5, 0.6) is 0 Å². The molecular weight excluding hydrogens is 238 g/mol. The topological polar surface area (TPSA) is 89.5 Å². The summed E-state index contributed by atoms with van der Waals surface area (Å²) in [5.41, 5.74) is 0.316. The molecule has 1 saturated heterocycles. The molecule has 0 aromatic heterocycles. The predicted molar refractivity (Wildman–Crippen MR) is 65.9 cm³/mol. The number of rotatable bonds is 3. The van der Waals surface area contributed by atoms with Crippen LogP contribution >= 0.6 is 0 Å². The highest BCUT2D eigenvalue weighted by molar-refractivity contribution is 5.76. The Hall–Kier alpha value is -2.18. The molecule has 18 heavy (non-hydrogen) atoms. The molecule has 7 nitrogen and oxygen atoms in total. The average molecular weight is 251 g/mol. The molecule has 1 aliphatic heterocycles. The quantitative estimate of drug-likeness (QED) is 0.607. The molecule has 0 spiro atoms. The fourth-order valence-electron chi connectivity index (χ4n) is 2.28. The summed E-state index contributed by atoms with van der Waals surface area (Å²) in [6.45, 7) is 2.88. The van der Waals surface area contributed by atoms with Gasteiger partial charge in [-0.2, -0.15) is 0 Å². The number of benzene rings is 1. The number of nitrogens with zero attached hydrogens (tertiary/aromatic N) is 3. The van der Waals surface area contributed by atoms with Crippen molar-refractivity contribution in [3.63, 3.8) is 0 Å². The van der Waals surface area contributed by atoms with Crippen molar-refractivity contribution in [1.29, 1.82) is 0 Å². The Balaban J connectivity index is 2.64. The summed E-state index contributed by atoms with van der Waals surface area (Å²) in [5, 5.41) is 22.1. The van der Waals surface area contributed by atoms with Gasteiger partial charge < -0.3 is 4.90 Å². The third-order valence-electron chi connectivity index (χ3n) is 3.03. The molecule has 0 atom stereocenters. The Bertz CT molecular complexity index is 474. The smallest absolute Gasteiger partial charge is 0.299 e. The molecule has 1 heterocycles. The molecule has 1 aliphatic rings. The van der Waals surface area contributed by atoms with Crippen LogP contribution in [0.2, 0.25) is 0 Å². The summed E-state index contributed by atoms with van der Waals surface area (Å²) in [5.74, 6) is 0. The Morgan fingerprint density at radius 1 is 1.06 bits per heavy atom. The predicted octanol–water partition coefficient (Wildman–Crippen LogP) is 2.41. The van der Waals surface area contributed by atoms with Gasteiger partial charge in [-0.05, 0) is 25.3 Å². The first-order valence-corrected chi connectivity index (χ1v) is 5.69. The van der Waals surface area contributed by atoms with Gasteiger partial charge in [0.15, 0.2) is 5.69 Å². The lowest BCUT2D eigenvalue weighted by Crippen LogP contribution is -2.20. The van der Waals surface area contributed by atoms with Crippen molar-refractivity contribution in [3.8, 4) is 0 Å². The van der Waals surface area contributed by atoms with E-state index in [9.17, 15) is 20.2 Å². The number of anilines is 1. The second-order valence-electron chi connectivity index (χ2n) is 4.36. The number of hydrogen-bond donors (Lipinski definition) is 0. The lowest BCUT2D eigenvalue weighted by Gasteiger charge is -2.17. The maximum Gasteiger partial charge on any atom is 0.299 e. The van der Waals surface area contributed by atoms with Crippen LogP contribution in [0.3, 0.4) is 0 Å². The summed E-state index contributed by atoms with van der Waals surface area (Å²) in [4.78, 5) is 22.8. The fourth-order valence-corrected chi connectivity index (χ4v) is 2.28. The molecule has 7 heteroatoms. The third kappa shape index (κ3) is 2.11. The summed E-state index contributed by atoms with van der Waals surface area (Å²) in [7, 11) is 0. The molecular formula is C11H13N3O4. The molecule has 0 N–H and O–H groups in total. The van der Waals surface area contributed by atoms with Gasteiger partial charge >= 0.3 is 0 Å². The van der Waals surface area contributed by atoms with E-state index in [4.69, 9.17) is 0 Å². The lowest BCUT2D eigenvalue weighted by atomic mass is 10.1. The minimum absolute atomic E-state index is 0.146. The van der Waals surface area contributed by atoms with Crippen LogP contribution in [0.25, 0.3) is 0 Å². The Kier molecular flexibility index (Phi) is 3.14. The molecule has 0 bridgehead atoms. The van der Waals surface area contributed by atoms with Crippen LogP contribution in [0.1, 0.15) is 18.4 Å². The van der Waals surface area contributed by atoms with Crippen molar-refractivity contribution in [3.05, 3.63) is 37.9 Å². The van der Waals surface area contributed by atoms with E-state index >= 15 is 0 Å². The van der Waals surface area contributed by atoms with Gasteiger partial charge in [0.2, 0.25) is 0 Å². The second-order valence-corrected chi connectivity index (χ2v) is 4.36. The molecule has 0 unspecified atom stereocenters. The van der Waals surface area contributed by atoms with E-state index in [0.717, 1.165) is 12.8 Å². The zero-order chi connectivity index (χ0) is 13.3. The Labute approximate surface area is 103 Å². The van der Waals surface area contributed by atoms with Crippen molar-refractivity contribution in [2.24, 2.45) is 0 Å². The fraction of sp³-hybridized carbons (Fsp3) is 0.455. The maximum atomic E-state index is 11.1. The summed E-state index contributed by atoms with van der Waals surface area (Å²) in [6.07, 6.45) is 1.81. The monoisotopic (exact) mass is 251 g/mol. The van der Waals surface area contributed by atoms with Crippen LogP contribution in [0.15, 0.2) is 12.1 Å². The van der Waals surface area contributed by atoms with Crippen LogP contribution in [0.4, 0.5) is 17.1 Å². The third-order valence-corrected chi connectivity index (χ3v) is 3.03. The van der Waals surface area contributed by atoms with Gasteiger partial charge in [-0.1, -0.05) is 0 Å². The summed E-state index contributed by atoms with van der Waals surface area (Å²) >= 11 is 0. The SMILES string of the molecule is Cc1cc([N+](=O)[O-])c(N2CCCC2)c([N+](=O)[O-])c1. The van der Waals surface area contributed by atoms with Gasteiger partial charge in [-0.3, -0.25) is 20.2 Å². The Morgan fingerprint density at radius 3 is 1.89 bits per heavy atom. The first-order valence-electron chi connectivity index (χ1n) is 5.69.